The van der Waals surface area contributed by atoms with Crippen LogP contribution in [0.5, 0.6) is 0 Å². The molecule has 1 atom stereocenters. The predicted octanol–water partition coefficient (Wildman–Crippen LogP) is 4.68. The lowest BCUT2D eigenvalue weighted by Gasteiger charge is -2.23. The van der Waals surface area contributed by atoms with Crippen LogP contribution in [0.3, 0.4) is 0 Å². The van der Waals surface area contributed by atoms with Crippen LogP contribution in [-0.2, 0) is 4.79 Å². The fourth-order valence-electron chi connectivity index (χ4n) is 4.28. The third-order valence-electron chi connectivity index (χ3n) is 6.06. The first-order chi connectivity index (χ1) is 13.5. The molecule has 3 aromatic rings. The molecule has 1 unspecified atom stereocenters. The Labute approximate surface area is 184 Å². The summed E-state index contributed by atoms with van der Waals surface area (Å²) in [6.45, 7) is 1.98. The van der Waals surface area contributed by atoms with E-state index in [0.717, 1.165) is 55.7 Å². The van der Waals surface area contributed by atoms with Gasteiger partial charge >= 0.3 is 0 Å². The van der Waals surface area contributed by atoms with Crippen molar-refractivity contribution in [1.29, 1.82) is 0 Å². The van der Waals surface area contributed by atoms with Gasteiger partial charge in [-0.1, -0.05) is 0 Å². The van der Waals surface area contributed by atoms with Crippen molar-refractivity contribution in [3.05, 3.63) is 48.0 Å². The lowest BCUT2D eigenvalue weighted by Crippen LogP contribution is -2.31. The fraction of sp³-hybridized carbons (Fsp3) is 0.333. The third kappa shape index (κ3) is 4.02. The van der Waals surface area contributed by atoms with Crippen molar-refractivity contribution in [3.8, 4) is 11.4 Å². The zero-order valence-corrected chi connectivity index (χ0v) is 17.6. The van der Waals surface area contributed by atoms with E-state index in [0.29, 0.717) is 16.9 Å². The summed E-state index contributed by atoms with van der Waals surface area (Å²) in [7, 11) is 0. The number of nitrogens with one attached hydrogen (secondary N) is 3. The molecule has 1 spiro atoms. The molecule has 0 radical (unpaired) electrons. The van der Waals surface area contributed by atoms with Gasteiger partial charge in [0.2, 0.25) is 5.91 Å². The highest BCUT2D eigenvalue weighted by Gasteiger charge is 2.57. The maximum absolute atomic E-state index is 13.4. The second kappa shape index (κ2) is 8.49. The minimum Gasteiger partial charge on any atom is -0.338 e. The molecule has 3 N–H and O–H groups in total. The molecule has 2 aliphatic rings. The number of imidazole rings is 1. The number of benzene rings is 2. The Bertz CT molecular complexity index is 1030. The van der Waals surface area contributed by atoms with E-state index in [1.54, 1.807) is 0 Å². The van der Waals surface area contributed by atoms with E-state index in [2.05, 4.69) is 20.6 Å². The number of hydrogen-bond acceptors (Lipinski definition) is 3. The molecule has 2 heterocycles. The lowest BCUT2D eigenvalue weighted by atomic mass is 9.92. The molecule has 1 saturated carbocycles. The van der Waals surface area contributed by atoms with E-state index in [4.69, 9.17) is 0 Å². The fourth-order valence-corrected chi connectivity index (χ4v) is 4.28. The van der Waals surface area contributed by atoms with Gasteiger partial charge in [0.15, 0.2) is 11.6 Å². The average molecular weight is 455 g/mol. The first-order valence-electron chi connectivity index (χ1n) is 9.51. The van der Waals surface area contributed by atoms with Crippen molar-refractivity contribution in [2.75, 3.05) is 18.4 Å². The van der Waals surface area contributed by atoms with Crippen LogP contribution in [0.25, 0.3) is 22.4 Å². The number of piperidine rings is 1. The number of aromatic nitrogens is 2. The number of hydrogen-bond donors (Lipinski definition) is 3. The number of rotatable bonds is 3. The van der Waals surface area contributed by atoms with Crippen LogP contribution >= 0.6 is 24.8 Å². The molecule has 1 aliphatic carbocycles. The number of halogens is 4. The van der Waals surface area contributed by atoms with Gasteiger partial charge in [0, 0.05) is 29.3 Å². The second-order valence-electron chi connectivity index (χ2n) is 7.80. The SMILES string of the molecule is Cl.Cl.O=C(Nc1ccc(-c2nc3cc(F)c(F)cc3[nH]2)cc1)C1CC12CCNCC2. The monoisotopic (exact) mass is 454 g/mol. The van der Waals surface area contributed by atoms with Crippen LogP contribution in [0.2, 0.25) is 0 Å². The summed E-state index contributed by atoms with van der Waals surface area (Å²) >= 11 is 0. The summed E-state index contributed by atoms with van der Waals surface area (Å²) in [5.74, 6) is -1.12. The van der Waals surface area contributed by atoms with E-state index in [9.17, 15) is 13.6 Å². The second-order valence-corrected chi connectivity index (χ2v) is 7.80. The average Bonchev–Trinajstić information content (AvgIpc) is 3.23. The van der Waals surface area contributed by atoms with E-state index < -0.39 is 11.6 Å². The largest absolute Gasteiger partial charge is 0.338 e. The van der Waals surface area contributed by atoms with Crippen LogP contribution in [0.15, 0.2) is 36.4 Å². The zero-order chi connectivity index (χ0) is 19.3. The van der Waals surface area contributed by atoms with Gasteiger partial charge in [0.1, 0.15) is 5.82 Å². The Morgan fingerprint density at radius 2 is 1.73 bits per heavy atom. The lowest BCUT2D eigenvalue weighted by molar-refractivity contribution is -0.118. The smallest absolute Gasteiger partial charge is 0.228 e. The molecule has 1 aliphatic heterocycles. The summed E-state index contributed by atoms with van der Waals surface area (Å²) in [6.07, 6.45) is 3.11. The topological polar surface area (TPSA) is 69.8 Å². The van der Waals surface area contributed by atoms with Crippen molar-refractivity contribution in [2.45, 2.75) is 19.3 Å². The number of H-pyrrole nitrogens is 1. The van der Waals surface area contributed by atoms with Crippen LogP contribution in [-0.4, -0.2) is 29.0 Å². The van der Waals surface area contributed by atoms with Gasteiger partial charge in [-0.3, -0.25) is 4.79 Å². The molecular weight excluding hydrogens is 433 g/mol. The molecule has 160 valence electrons. The molecule has 2 fully saturated rings. The van der Waals surface area contributed by atoms with Crippen molar-refractivity contribution in [1.82, 2.24) is 15.3 Å². The minimum atomic E-state index is -0.921. The van der Waals surface area contributed by atoms with E-state index in [1.165, 1.54) is 0 Å². The maximum atomic E-state index is 13.4. The number of carbonyl (C=O) groups excluding carboxylic acids is 1. The molecule has 2 aromatic carbocycles. The standard InChI is InChI=1S/C21H20F2N4O.2ClH/c22-15-9-17-18(10-16(15)23)27-19(26-17)12-1-3-13(4-2-12)25-20(28)14-11-21(14)5-7-24-8-6-21;;/h1-4,9-10,14,24H,5-8,11H2,(H,25,28)(H,26,27);2*1H. The van der Waals surface area contributed by atoms with Crippen molar-refractivity contribution in [3.63, 3.8) is 0 Å². The summed E-state index contributed by atoms with van der Waals surface area (Å²) in [5, 5.41) is 6.35. The summed E-state index contributed by atoms with van der Waals surface area (Å²) < 4.78 is 26.7. The first kappa shape index (κ1) is 22.5. The Morgan fingerprint density at radius 1 is 1.07 bits per heavy atom. The van der Waals surface area contributed by atoms with Crippen molar-refractivity contribution in [2.24, 2.45) is 11.3 Å². The highest BCUT2D eigenvalue weighted by atomic mass is 35.5. The van der Waals surface area contributed by atoms with Gasteiger partial charge in [-0.2, -0.15) is 0 Å². The number of amides is 1. The number of aromatic amines is 1. The Hall–Kier alpha value is -2.22. The number of fused-ring (bicyclic) bond motifs is 1. The molecular formula is C21H22Cl2F2N4O. The Balaban J connectivity index is 0.00000128. The quantitative estimate of drug-likeness (QED) is 0.537. The van der Waals surface area contributed by atoms with Gasteiger partial charge in [-0.25, -0.2) is 13.8 Å². The summed E-state index contributed by atoms with van der Waals surface area (Å²) in [5.41, 5.74) is 2.52. The van der Waals surface area contributed by atoms with E-state index >= 15 is 0 Å². The predicted molar refractivity (Wildman–Crippen MR) is 117 cm³/mol. The van der Waals surface area contributed by atoms with Gasteiger partial charge in [-0.15, -0.1) is 24.8 Å². The summed E-state index contributed by atoms with van der Waals surface area (Å²) in [4.78, 5) is 19.9. The molecule has 1 amide bonds. The van der Waals surface area contributed by atoms with Crippen LogP contribution in [0, 0.1) is 23.0 Å². The number of nitrogens with zero attached hydrogens (tertiary/aromatic N) is 1. The molecule has 5 nitrogen and oxygen atoms in total. The van der Waals surface area contributed by atoms with Crippen molar-refractivity contribution >= 4 is 47.4 Å². The van der Waals surface area contributed by atoms with Crippen molar-refractivity contribution < 1.29 is 13.6 Å². The molecule has 1 aromatic heterocycles. The highest BCUT2D eigenvalue weighted by molar-refractivity contribution is 5.95. The molecule has 30 heavy (non-hydrogen) atoms. The normalized spacial score (nSPS) is 19.1. The number of carbonyl (C=O) groups is 1. The summed E-state index contributed by atoms with van der Waals surface area (Å²) in [6, 6.07) is 9.46. The molecule has 9 heteroatoms. The molecule has 5 rings (SSSR count). The Morgan fingerprint density at radius 3 is 2.43 bits per heavy atom. The van der Waals surface area contributed by atoms with Crippen LogP contribution < -0.4 is 10.6 Å². The van der Waals surface area contributed by atoms with Crippen LogP contribution in [0.1, 0.15) is 19.3 Å². The highest BCUT2D eigenvalue weighted by Crippen LogP contribution is 2.58. The minimum absolute atomic E-state index is 0. The van der Waals surface area contributed by atoms with Gasteiger partial charge < -0.3 is 15.6 Å². The zero-order valence-electron chi connectivity index (χ0n) is 16.0. The number of anilines is 1. The van der Waals surface area contributed by atoms with E-state index in [1.807, 2.05) is 24.3 Å². The first-order valence-corrected chi connectivity index (χ1v) is 9.51. The maximum Gasteiger partial charge on any atom is 0.228 e. The van der Waals surface area contributed by atoms with Gasteiger partial charge in [0.05, 0.1) is 11.0 Å². The Kier molecular flexibility index (Phi) is 6.36. The van der Waals surface area contributed by atoms with Crippen LogP contribution in [0.4, 0.5) is 14.5 Å². The van der Waals surface area contributed by atoms with Gasteiger partial charge in [0.25, 0.3) is 0 Å². The van der Waals surface area contributed by atoms with Gasteiger partial charge in [-0.05, 0) is 62.0 Å². The van der Waals surface area contributed by atoms with E-state index in [-0.39, 0.29) is 42.1 Å². The molecule has 1 saturated heterocycles. The molecule has 0 bridgehead atoms. The third-order valence-corrected chi connectivity index (χ3v) is 6.06.